The Morgan fingerprint density at radius 3 is 2.63 bits per heavy atom. The maximum absolute atomic E-state index is 13.6. The van der Waals surface area contributed by atoms with Gasteiger partial charge in [-0.2, -0.15) is 0 Å². The van der Waals surface area contributed by atoms with E-state index in [1.165, 1.54) is 6.07 Å². The maximum atomic E-state index is 13.6. The molecule has 19 heavy (non-hydrogen) atoms. The van der Waals surface area contributed by atoms with Gasteiger partial charge in [-0.1, -0.05) is 6.07 Å². The average molecular weight is 283 g/mol. The van der Waals surface area contributed by atoms with Crippen LogP contribution in [-0.4, -0.2) is 9.30 Å². The highest BCUT2D eigenvalue weighted by Gasteiger charge is 2.29. The molecule has 1 N–H and O–H groups in total. The summed E-state index contributed by atoms with van der Waals surface area (Å²) < 4.78 is 33.8. The summed E-state index contributed by atoms with van der Waals surface area (Å²) in [6, 6.07) is 6.13. The van der Waals surface area contributed by atoms with Crippen molar-refractivity contribution in [2.24, 2.45) is 0 Å². The summed E-state index contributed by atoms with van der Waals surface area (Å²) >= 11 is -1.20. The normalized spacial score (nSPS) is 15.7. The van der Waals surface area contributed by atoms with E-state index in [2.05, 4.69) is 4.72 Å². The van der Waals surface area contributed by atoms with Crippen LogP contribution in [0.25, 0.3) is 11.0 Å². The predicted octanol–water partition coefficient (Wildman–Crippen LogP) is 3.68. The van der Waals surface area contributed by atoms with Gasteiger partial charge in [0.15, 0.2) is 0 Å². The number of furan rings is 1. The molecule has 104 valence electrons. The van der Waals surface area contributed by atoms with Crippen molar-refractivity contribution >= 4 is 22.3 Å². The lowest BCUT2D eigenvalue weighted by Gasteiger charge is -2.25. The summed E-state index contributed by atoms with van der Waals surface area (Å²) in [6.45, 7) is 7.52. The van der Waals surface area contributed by atoms with Gasteiger partial charge in [0.25, 0.3) is 0 Å². The summed E-state index contributed by atoms with van der Waals surface area (Å²) in [5, 5.41) is 0.452. The zero-order chi connectivity index (χ0) is 14.2. The fourth-order valence-electron chi connectivity index (χ4n) is 1.65. The summed E-state index contributed by atoms with van der Waals surface area (Å²) in [5.74, 6) is 0.273. The van der Waals surface area contributed by atoms with Crippen LogP contribution in [0.3, 0.4) is 0 Å². The maximum Gasteiger partial charge on any atom is 0.137 e. The molecule has 0 aliphatic carbocycles. The van der Waals surface area contributed by atoms with Crippen molar-refractivity contribution in [3.8, 4) is 0 Å². The topological polar surface area (TPSA) is 48.2 Å². The van der Waals surface area contributed by atoms with Crippen molar-refractivity contribution in [2.45, 2.75) is 38.5 Å². The van der Waals surface area contributed by atoms with Crippen molar-refractivity contribution in [3.05, 3.63) is 35.8 Å². The lowest BCUT2D eigenvalue weighted by molar-refractivity contribution is 0.475. The predicted molar refractivity (Wildman–Crippen MR) is 75.6 cm³/mol. The Kier molecular flexibility index (Phi) is 3.90. The van der Waals surface area contributed by atoms with Crippen molar-refractivity contribution in [2.75, 3.05) is 0 Å². The Bertz CT molecular complexity index is 576. The van der Waals surface area contributed by atoms with Gasteiger partial charge in [0.05, 0.1) is 5.39 Å². The average Bonchev–Trinajstić information content (AvgIpc) is 2.73. The summed E-state index contributed by atoms with van der Waals surface area (Å²) in [4.78, 5) is 0. The van der Waals surface area contributed by atoms with Crippen LogP contribution in [0.1, 0.15) is 39.5 Å². The van der Waals surface area contributed by atoms with Crippen LogP contribution in [-0.2, 0) is 11.4 Å². The molecule has 2 aromatic rings. The first-order valence-corrected chi connectivity index (χ1v) is 7.30. The molecule has 1 heterocycles. The first kappa shape index (κ1) is 14.4. The van der Waals surface area contributed by atoms with Crippen LogP contribution in [0.4, 0.5) is 4.39 Å². The van der Waals surface area contributed by atoms with Gasteiger partial charge < -0.3 is 8.97 Å². The van der Waals surface area contributed by atoms with E-state index in [1.54, 1.807) is 18.2 Å². The Morgan fingerprint density at radius 2 is 2.05 bits per heavy atom. The van der Waals surface area contributed by atoms with E-state index in [1.807, 2.05) is 27.7 Å². The van der Waals surface area contributed by atoms with Crippen LogP contribution in [0, 0.1) is 5.82 Å². The number of nitrogens with one attached hydrogen (secondary N) is 1. The molecule has 1 aromatic carbocycles. The SMILES string of the molecule is CC(N[S@@+]([O-])C(C)(C)C)c1cc2c(F)cccc2o1. The smallest absolute Gasteiger partial charge is 0.137 e. The van der Waals surface area contributed by atoms with E-state index in [0.717, 1.165) is 0 Å². The highest BCUT2D eigenvalue weighted by molar-refractivity contribution is 7.90. The molecule has 0 spiro atoms. The van der Waals surface area contributed by atoms with Crippen LogP contribution >= 0.6 is 0 Å². The largest absolute Gasteiger partial charge is 0.598 e. The molecule has 0 radical (unpaired) electrons. The van der Waals surface area contributed by atoms with Gasteiger partial charge in [0.2, 0.25) is 0 Å². The minimum atomic E-state index is -1.20. The zero-order valence-corrected chi connectivity index (χ0v) is 12.3. The third-order valence-electron chi connectivity index (χ3n) is 2.79. The molecule has 5 heteroatoms. The van der Waals surface area contributed by atoms with Crippen LogP contribution < -0.4 is 4.72 Å². The quantitative estimate of drug-likeness (QED) is 0.874. The fraction of sp³-hybridized carbons (Fsp3) is 0.429. The van der Waals surface area contributed by atoms with Crippen molar-refractivity contribution in [1.82, 2.24) is 4.72 Å². The number of rotatable bonds is 3. The molecule has 1 aromatic heterocycles. The van der Waals surface area contributed by atoms with Gasteiger partial charge in [-0.05, 0) is 45.9 Å². The third-order valence-corrected chi connectivity index (χ3v) is 4.47. The van der Waals surface area contributed by atoms with E-state index in [-0.39, 0.29) is 16.6 Å². The number of halogens is 1. The highest BCUT2D eigenvalue weighted by atomic mass is 32.2. The highest BCUT2D eigenvalue weighted by Crippen LogP contribution is 2.27. The fourth-order valence-corrected chi connectivity index (χ4v) is 2.44. The van der Waals surface area contributed by atoms with Crippen molar-refractivity contribution in [3.63, 3.8) is 0 Å². The van der Waals surface area contributed by atoms with Crippen LogP contribution in [0.5, 0.6) is 0 Å². The molecular weight excluding hydrogens is 265 g/mol. The minimum Gasteiger partial charge on any atom is -0.598 e. The zero-order valence-electron chi connectivity index (χ0n) is 11.5. The second-order valence-electron chi connectivity index (χ2n) is 5.52. The number of benzene rings is 1. The van der Waals surface area contributed by atoms with Gasteiger partial charge in [0, 0.05) is 11.4 Å². The van der Waals surface area contributed by atoms with Crippen LogP contribution in [0.2, 0.25) is 0 Å². The number of fused-ring (bicyclic) bond motifs is 1. The summed E-state index contributed by atoms with van der Waals surface area (Å²) in [6.07, 6.45) is 0. The van der Waals surface area contributed by atoms with Gasteiger partial charge in [-0.3, -0.25) is 0 Å². The first-order chi connectivity index (χ1) is 8.79. The first-order valence-electron chi connectivity index (χ1n) is 6.15. The molecule has 0 saturated carbocycles. The van der Waals surface area contributed by atoms with E-state index in [4.69, 9.17) is 4.42 Å². The molecule has 0 bridgehead atoms. The molecule has 0 fully saturated rings. The Hall–Kier alpha value is -1.04. The molecule has 0 amide bonds. The van der Waals surface area contributed by atoms with E-state index >= 15 is 0 Å². The van der Waals surface area contributed by atoms with Gasteiger partial charge in [-0.15, -0.1) is 4.72 Å². The van der Waals surface area contributed by atoms with Gasteiger partial charge >= 0.3 is 0 Å². The number of hydrogen-bond donors (Lipinski definition) is 1. The molecule has 0 aliphatic heterocycles. The molecular formula is C14H18FNO2S. The standard InChI is InChI=1S/C14H18FNO2S/c1-9(16-19(17)14(2,3)4)13-8-10-11(15)6-5-7-12(10)18-13/h5-9,16H,1-4H3/t9?,19-/m0/s1. The van der Waals surface area contributed by atoms with Gasteiger partial charge in [-0.25, -0.2) is 4.39 Å². The van der Waals surface area contributed by atoms with E-state index in [0.29, 0.717) is 16.7 Å². The Labute approximate surface area is 115 Å². The lowest BCUT2D eigenvalue weighted by atomic mass is 10.2. The molecule has 2 rings (SSSR count). The molecule has 3 nitrogen and oxygen atoms in total. The van der Waals surface area contributed by atoms with Gasteiger partial charge in [0.1, 0.15) is 27.9 Å². The lowest BCUT2D eigenvalue weighted by Crippen LogP contribution is -2.40. The molecule has 0 saturated heterocycles. The van der Waals surface area contributed by atoms with Crippen molar-refractivity contribution in [1.29, 1.82) is 0 Å². The Morgan fingerprint density at radius 1 is 1.37 bits per heavy atom. The number of hydrogen-bond acceptors (Lipinski definition) is 3. The van der Waals surface area contributed by atoms with E-state index in [9.17, 15) is 8.94 Å². The monoisotopic (exact) mass is 283 g/mol. The molecule has 1 unspecified atom stereocenters. The minimum absolute atomic E-state index is 0.244. The summed E-state index contributed by atoms with van der Waals surface area (Å²) in [7, 11) is 0. The van der Waals surface area contributed by atoms with Crippen molar-refractivity contribution < 1.29 is 13.4 Å². The molecule has 2 atom stereocenters. The second-order valence-corrected chi connectivity index (χ2v) is 7.52. The van der Waals surface area contributed by atoms with Crippen LogP contribution in [0.15, 0.2) is 28.7 Å². The van der Waals surface area contributed by atoms with E-state index < -0.39 is 11.4 Å². The third kappa shape index (κ3) is 3.11. The summed E-state index contributed by atoms with van der Waals surface area (Å²) in [5.41, 5.74) is 0.505. The second kappa shape index (κ2) is 5.15. The Balaban J connectivity index is 2.22. The molecule has 0 aliphatic rings.